The molecule has 2 rings (SSSR count). The minimum absolute atomic E-state index is 0.0948. The topological polar surface area (TPSA) is 89.8 Å². The monoisotopic (exact) mass is 328 g/mol. The number of nitro benzene ring substituents is 1. The summed E-state index contributed by atoms with van der Waals surface area (Å²) in [6.07, 6.45) is 0.383. The molecule has 124 valence electrons. The van der Waals surface area contributed by atoms with E-state index in [1.54, 1.807) is 7.05 Å². The average molecular weight is 328 g/mol. The zero-order chi connectivity index (χ0) is 17.5. The fraction of sp³-hybridized carbons (Fsp3) is 0.176. The van der Waals surface area contributed by atoms with Gasteiger partial charge in [0.15, 0.2) is 18.6 Å². The molecule has 1 amide bonds. The lowest BCUT2D eigenvalue weighted by molar-refractivity contribution is -0.386. The van der Waals surface area contributed by atoms with Crippen molar-refractivity contribution in [2.24, 2.45) is 0 Å². The second kappa shape index (κ2) is 7.87. The van der Waals surface area contributed by atoms with Gasteiger partial charge in [0.05, 0.1) is 10.5 Å². The number of carbonyl (C=O) groups excluding carboxylic acids is 2. The van der Waals surface area contributed by atoms with Gasteiger partial charge in [0.2, 0.25) is 0 Å². The lowest BCUT2D eigenvalue weighted by atomic mass is 10.2. The smallest absolute Gasteiger partial charge is 0.321 e. The van der Waals surface area contributed by atoms with Crippen LogP contribution in [0, 0.1) is 10.1 Å². The third kappa shape index (κ3) is 4.16. The number of ether oxygens (including phenoxy) is 1. The Morgan fingerprint density at radius 2 is 1.92 bits per heavy atom. The zero-order valence-electron chi connectivity index (χ0n) is 13.0. The van der Waals surface area contributed by atoms with Gasteiger partial charge >= 0.3 is 5.69 Å². The Bertz CT molecular complexity index is 746. The van der Waals surface area contributed by atoms with Crippen molar-refractivity contribution in [3.05, 3.63) is 69.8 Å². The number of amides is 1. The summed E-state index contributed by atoms with van der Waals surface area (Å²) >= 11 is 0. The van der Waals surface area contributed by atoms with Crippen LogP contribution in [0.1, 0.15) is 15.9 Å². The second-order valence-corrected chi connectivity index (χ2v) is 5.09. The Hall–Kier alpha value is -3.22. The molecular formula is C17H16N2O5. The van der Waals surface area contributed by atoms with Crippen LogP contribution >= 0.6 is 0 Å². The molecule has 0 spiro atoms. The van der Waals surface area contributed by atoms with Crippen molar-refractivity contribution in [3.63, 3.8) is 0 Å². The van der Waals surface area contributed by atoms with Crippen molar-refractivity contribution in [1.82, 2.24) is 4.90 Å². The average Bonchev–Trinajstić information content (AvgIpc) is 2.59. The third-order valence-electron chi connectivity index (χ3n) is 3.38. The summed E-state index contributed by atoms with van der Waals surface area (Å²) in [6.45, 7) is 0.0476. The summed E-state index contributed by atoms with van der Waals surface area (Å²) in [5, 5.41) is 11.1. The fourth-order valence-corrected chi connectivity index (χ4v) is 2.14. The molecule has 2 aromatic rings. The van der Waals surface area contributed by atoms with Crippen molar-refractivity contribution in [2.75, 3.05) is 13.7 Å². The standard InChI is InChI=1S/C17H16N2O5/c1-18(10-13-6-3-2-4-7-13)16(21)12-24-15-9-5-8-14(11-20)17(15)19(22)23/h2-9,11H,10,12H2,1H3. The molecule has 24 heavy (non-hydrogen) atoms. The number of carbonyl (C=O) groups is 2. The first-order valence-corrected chi connectivity index (χ1v) is 7.16. The summed E-state index contributed by atoms with van der Waals surface area (Å²) in [4.78, 5) is 34.9. The normalized spacial score (nSPS) is 10.0. The summed E-state index contributed by atoms with van der Waals surface area (Å²) in [6, 6.07) is 13.6. The SMILES string of the molecule is CN(Cc1ccccc1)C(=O)COc1cccc(C=O)c1[N+](=O)[O-]. The molecule has 0 aliphatic heterocycles. The largest absolute Gasteiger partial charge is 0.477 e. The van der Waals surface area contributed by atoms with E-state index >= 15 is 0 Å². The molecule has 0 bridgehead atoms. The Labute approximate surface area is 138 Å². The van der Waals surface area contributed by atoms with Gasteiger partial charge in [0.1, 0.15) is 0 Å². The summed E-state index contributed by atoms with van der Waals surface area (Å²) < 4.78 is 5.27. The highest BCUT2D eigenvalue weighted by molar-refractivity contribution is 5.84. The van der Waals surface area contributed by atoms with E-state index in [-0.39, 0.29) is 23.8 Å². The first-order valence-electron chi connectivity index (χ1n) is 7.16. The van der Waals surface area contributed by atoms with E-state index in [9.17, 15) is 19.7 Å². The summed E-state index contributed by atoms with van der Waals surface area (Å²) in [5.41, 5.74) is 0.427. The van der Waals surface area contributed by atoms with Gasteiger partial charge in [-0.3, -0.25) is 19.7 Å². The molecule has 0 aliphatic rings. The molecule has 0 heterocycles. The van der Waals surface area contributed by atoms with Gasteiger partial charge in [-0.25, -0.2) is 0 Å². The Balaban J connectivity index is 2.04. The van der Waals surface area contributed by atoms with E-state index in [2.05, 4.69) is 0 Å². The molecule has 0 saturated heterocycles. The van der Waals surface area contributed by atoms with Crippen LogP contribution in [0.25, 0.3) is 0 Å². The zero-order valence-corrected chi connectivity index (χ0v) is 13.0. The van der Waals surface area contributed by atoms with Crippen LogP contribution in [0.3, 0.4) is 0 Å². The van der Waals surface area contributed by atoms with E-state index in [0.29, 0.717) is 12.8 Å². The predicted molar refractivity (Wildman–Crippen MR) is 86.9 cm³/mol. The highest BCUT2D eigenvalue weighted by Crippen LogP contribution is 2.29. The molecule has 7 nitrogen and oxygen atoms in total. The van der Waals surface area contributed by atoms with E-state index < -0.39 is 10.6 Å². The maximum atomic E-state index is 12.1. The molecule has 7 heteroatoms. The van der Waals surface area contributed by atoms with E-state index in [0.717, 1.165) is 5.56 Å². The van der Waals surface area contributed by atoms with Crippen molar-refractivity contribution in [3.8, 4) is 5.75 Å². The Morgan fingerprint density at radius 3 is 2.54 bits per heavy atom. The maximum absolute atomic E-state index is 12.1. The minimum atomic E-state index is -0.697. The van der Waals surface area contributed by atoms with Crippen molar-refractivity contribution in [2.45, 2.75) is 6.54 Å². The third-order valence-corrected chi connectivity index (χ3v) is 3.38. The van der Waals surface area contributed by atoms with Gasteiger partial charge in [-0.1, -0.05) is 36.4 Å². The molecule has 0 unspecified atom stereocenters. The van der Waals surface area contributed by atoms with Gasteiger partial charge in [-0.2, -0.15) is 0 Å². The number of hydrogen-bond donors (Lipinski definition) is 0. The highest BCUT2D eigenvalue weighted by Gasteiger charge is 2.21. The molecule has 0 fully saturated rings. The van der Waals surface area contributed by atoms with E-state index in [4.69, 9.17) is 4.74 Å². The lowest BCUT2D eigenvalue weighted by Gasteiger charge is -2.17. The molecule has 0 atom stereocenters. The van der Waals surface area contributed by atoms with E-state index in [1.165, 1.54) is 23.1 Å². The first-order chi connectivity index (χ1) is 11.5. The second-order valence-electron chi connectivity index (χ2n) is 5.09. The van der Waals surface area contributed by atoms with Crippen molar-refractivity contribution >= 4 is 17.9 Å². The van der Waals surface area contributed by atoms with Crippen LogP contribution in [0.15, 0.2) is 48.5 Å². The van der Waals surface area contributed by atoms with Gasteiger partial charge in [0, 0.05) is 13.6 Å². The molecule has 0 saturated carbocycles. The first kappa shape index (κ1) is 17.1. The van der Waals surface area contributed by atoms with Crippen LogP contribution in [0.2, 0.25) is 0 Å². The lowest BCUT2D eigenvalue weighted by Crippen LogP contribution is -2.31. The van der Waals surface area contributed by atoms with Crippen LogP contribution in [-0.2, 0) is 11.3 Å². The number of benzene rings is 2. The van der Waals surface area contributed by atoms with Crippen molar-refractivity contribution in [1.29, 1.82) is 0 Å². The number of nitro groups is 1. The van der Waals surface area contributed by atoms with E-state index in [1.807, 2.05) is 30.3 Å². The van der Waals surface area contributed by atoms with Gasteiger partial charge < -0.3 is 9.64 Å². The number of aldehydes is 1. The molecular weight excluding hydrogens is 312 g/mol. The van der Waals surface area contributed by atoms with Gasteiger partial charge in [-0.05, 0) is 17.7 Å². The quantitative estimate of drug-likeness (QED) is 0.442. The molecule has 0 N–H and O–H groups in total. The molecule has 2 aromatic carbocycles. The molecule has 0 aromatic heterocycles. The number of likely N-dealkylation sites (N-methyl/N-ethyl adjacent to an activating group) is 1. The summed E-state index contributed by atoms with van der Waals surface area (Å²) in [5.74, 6) is -0.435. The van der Waals surface area contributed by atoms with Crippen molar-refractivity contribution < 1.29 is 19.2 Å². The van der Waals surface area contributed by atoms with Crippen LogP contribution < -0.4 is 4.74 Å². The number of nitrogens with zero attached hydrogens (tertiary/aromatic N) is 2. The predicted octanol–water partition coefficient (Wildman–Crippen LogP) is 2.44. The van der Waals surface area contributed by atoms with Gasteiger partial charge in [-0.15, -0.1) is 0 Å². The van der Waals surface area contributed by atoms with Crippen LogP contribution in [0.5, 0.6) is 5.75 Å². The maximum Gasteiger partial charge on any atom is 0.321 e. The Morgan fingerprint density at radius 1 is 1.21 bits per heavy atom. The number of rotatable bonds is 7. The highest BCUT2D eigenvalue weighted by atomic mass is 16.6. The van der Waals surface area contributed by atoms with Crippen LogP contribution in [0.4, 0.5) is 5.69 Å². The molecule has 0 aliphatic carbocycles. The number of para-hydroxylation sites is 1. The van der Waals surface area contributed by atoms with Crippen LogP contribution in [-0.4, -0.2) is 35.7 Å². The summed E-state index contributed by atoms with van der Waals surface area (Å²) in [7, 11) is 1.62. The minimum Gasteiger partial charge on any atom is -0.477 e. The fourth-order valence-electron chi connectivity index (χ4n) is 2.14. The van der Waals surface area contributed by atoms with Gasteiger partial charge in [0.25, 0.3) is 5.91 Å². The number of hydrogen-bond acceptors (Lipinski definition) is 5. The molecule has 0 radical (unpaired) electrons. The Kier molecular flexibility index (Phi) is 5.62.